The van der Waals surface area contributed by atoms with E-state index in [4.69, 9.17) is 17.3 Å². The van der Waals surface area contributed by atoms with Crippen LogP contribution < -0.4 is 5.73 Å². The van der Waals surface area contributed by atoms with Crippen LogP contribution in [-0.4, -0.2) is 23.4 Å². The van der Waals surface area contributed by atoms with Crippen molar-refractivity contribution < 1.29 is 0 Å². The standard InChI is InChI=1S/C8H12ClN3S/c1-13(2,3)12-8-7(9)4-6(10)5-11-8/h4-5H,1,10H2,2-3H3. The minimum absolute atomic E-state index is 0.476. The molecule has 5 heteroatoms. The Hall–Kier alpha value is -0.740. The molecule has 0 aliphatic heterocycles. The lowest BCUT2D eigenvalue weighted by atomic mass is 10.4. The third kappa shape index (κ3) is 3.24. The normalized spacial score (nSPS) is 11.3. The molecule has 13 heavy (non-hydrogen) atoms. The first-order valence-electron chi connectivity index (χ1n) is 3.59. The molecular formula is C8H12ClN3S. The molecule has 1 aromatic heterocycles. The molecule has 2 N–H and O–H groups in total. The van der Waals surface area contributed by atoms with Gasteiger partial charge in [0.05, 0.1) is 16.9 Å². The van der Waals surface area contributed by atoms with Gasteiger partial charge in [-0.3, -0.25) is 0 Å². The van der Waals surface area contributed by atoms with Crippen LogP contribution in [-0.2, 0) is 9.41 Å². The van der Waals surface area contributed by atoms with Crippen molar-refractivity contribution in [2.24, 2.45) is 4.36 Å². The molecular weight excluding hydrogens is 206 g/mol. The highest BCUT2D eigenvalue weighted by atomic mass is 35.5. The van der Waals surface area contributed by atoms with Crippen LogP contribution in [0, 0.1) is 0 Å². The third-order valence-electron chi connectivity index (χ3n) is 1.18. The molecule has 0 unspecified atom stereocenters. The number of rotatable bonds is 1. The molecule has 72 valence electrons. The lowest BCUT2D eigenvalue weighted by Gasteiger charge is -2.02. The van der Waals surface area contributed by atoms with Crippen molar-refractivity contribution in [3.8, 4) is 0 Å². The van der Waals surface area contributed by atoms with Crippen LogP contribution in [0.1, 0.15) is 0 Å². The van der Waals surface area contributed by atoms with Gasteiger partial charge in [-0.25, -0.2) is 9.35 Å². The number of nitrogens with zero attached hydrogens (tertiary/aromatic N) is 2. The third-order valence-corrected chi connectivity index (χ3v) is 2.12. The van der Waals surface area contributed by atoms with Crippen LogP contribution in [0.3, 0.4) is 0 Å². The highest BCUT2D eigenvalue weighted by Crippen LogP contribution is 2.24. The number of halogens is 1. The van der Waals surface area contributed by atoms with Gasteiger partial charge in [0, 0.05) is 0 Å². The molecule has 0 fully saturated rings. The molecule has 1 aromatic rings. The second kappa shape index (κ2) is 3.55. The lowest BCUT2D eigenvalue weighted by Crippen LogP contribution is -1.91. The number of hydrogen-bond donors (Lipinski definition) is 1. The largest absolute Gasteiger partial charge is 0.397 e. The van der Waals surface area contributed by atoms with Crippen LogP contribution in [0.25, 0.3) is 0 Å². The van der Waals surface area contributed by atoms with Crippen molar-refractivity contribution in [3.05, 3.63) is 17.3 Å². The SMILES string of the molecule is C=S(C)(C)=Nc1ncc(N)cc1Cl. The van der Waals surface area contributed by atoms with Crippen molar-refractivity contribution >= 4 is 38.4 Å². The average molecular weight is 218 g/mol. The maximum absolute atomic E-state index is 5.88. The number of nitrogen functional groups attached to an aromatic ring is 1. The first-order valence-corrected chi connectivity index (χ1v) is 6.54. The zero-order valence-corrected chi connectivity index (χ0v) is 9.19. The predicted octanol–water partition coefficient (Wildman–Crippen LogP) is 1.98. The van der Waals surface area contributed by atoms with E-state index in [1.54, 1.807) is 6.07 Å². The summed E-state index contributed by atoms with van der Waals surface area (Å²) in [6.07, 6.45) is 5.46. The van der Waals surface area contributed by atoms with Gasteiger partial charge in [0.2, 0.25) is 0 Å². The molecule has 0 radical (unpaired) electrons. The van der Waals surface area contributed by atoms with E-state index in [-0.39, 0.29) is 0 Å². The number of aromatic nitrogens is 1. The number of anilines is 1. The Bertz CT molecular complexity index is 425. The monoisotopic (exact) mass is 217 g/mol. The Labute approximate surface area is 83.6 Å². The Kier molecular flexibility index (Phi) is 2.83. The highest BCUT2D eigenvalue weighted by molar-refractivity contribution is 8.01. The highest BCUT2D eigenvalue weighted by Gasteiger charge is 2.00. The molecule has 0 aliphatic carbocycles. The maximum Gasteiger partial charge on any atom is 0.177 e. The summed E-state index contributed by atoms with van der Waals surface area (Å²) in [5, 5.41) is 0.476. The average Bonchev–Trinajstić information content (AvgIpc) is 1.93. The van der Waals surface area contributed by atoms with Crippen molar-refractivity contribution in [2.45, 2.75) is 0 Å². The topological polar surface area (TPSA) is 51.3 Å². The summed E-state index contributed by atoms with van der Waals surface area (Å²) in [4.78, 5) is 4.02. The van der Waals surface area contributed by atoms with Crippen LogP contribution >= 0.6 is 11.6 Å². The van der Waals surface area contributed by atoms with Crippen molar-refractivity contribution in [1.29, 1.82) is 0 Å². The van der Waals surface area contributed by atoms with Crippen LogP contribution in [0.5, 0.6) is 0 Å². The Morgan fingerprint density at radius 3 is 2.69 bits per heavy atom. The molecule has 0 atom stereocenters. The van der Waals surface area contributed by atoms with Gasteiger partial charge in [-0.15, -0.1) is 9.41 Å². The fraction of sp³-hybridized carbons (Fsp3) is 0.250. The zero-order valence-electron chi connectivity index (χ0n) is 7.62. The second-order valence-corrected chi connectivity index (χ2v) is 6.69. The minimum atomic E-state index is -1.23. The summed E-state index contributed by atoms with van der Waals surface area (Å²) < 4.78 is 4.31. The lowest BCUT2D eigenvalue weighted by molar-refractivity contribution is 1.29. The first-order chi connectivity index (χ1) is 5.88. The van der Waals surface area contributed by atoms with E-state index in [0.717, 1.165) is 0 Å². The molecule has 0 spiro atoms. The van der Waals surface area contributed by atoms with Crippen LogP contribution in [0.2, 0.25) is 5.02 Å². The summed E-state index contributed by atoms with van der Waals surface area (Å²) in [6, 6.07) is 1.64. The molecule has 1 rings (SSSR count). The summed E-state index contributed by atoms with van der Waals surface area (Å²) in [7, 11) is -1.23. The van der Waals surface area contributed by atoms with E-state index in [9.17, 15) is 0 Å². The maximum atomic E-state index is 5.88. The smallest absolute Gasteiger partial charge is 0.177 e. The van der Waals surface area contributed by atoms with E-state index in [0.29, 0.717) is 16.5 Å². The number of hydrogen-bond acceptors (Lipinski definition) is 3. The van der Waals surface area contributed by atoms with E-state index in [1.165, 1.54) is 6.20 Å². The Morgan fingerprint density at radius 1 is 1.62 bits per heavy atom. The van der Waals surface area contributed by atoms with Gasteiger partial charge in [0.15, 0.2) is 5.82 Å². The number of pyridine rings is 1. The summed E-state index contributed by atoms with van der Waals surface area (Å²) >= 11 is 5.88. The predicted molar refractivity (Wildman–Crippen MR) is 62.1 cm³/mol. The fourth-order valence-corrected chi connectivity index (χ4v) is 1.63. The number of nitrogens with two attached hydrogens (primary N) is 1. The van der Waals surface area contributed by atoms with Crippen molar-refractivity contribution in [1.82, 2.24) is 4.98 Å². The summed E-state index contributed by atoms with van der Waals surface area (Å²) in [6.45, 7) is 0. The molecule has 0 amide bonds. The van der Waals surface area contributed by atoms with Crippen molar-refractivity contribution in [3.63, 3.8) is 0 Å². The van der Waals surface area contributed by atoms with Gasteiger partial charge in [-0.2, -0.15) is 0 Å². The van der Waals surface area contributed by atoms with E-state index >= 15 is 0 Å². The quantitative estimate of drug-likeness (QED) is 0.732. The van der Waals surface area contributed by atoms with Crippen LogP contribution in [0.4, 0.5) is 11.5 Å². The van der Waals surface area contributed by atoms with Crippen molar-refractivity contribution in [2.75, 3.05) is 18.2 Å². The van der Waals surface area contributed by atoms with Gasteiger partial charge in [0.1, 0.15) is 0 Å². The van der Waals surface area contributed by atoms with Crippen LogP contribution in [0.15, 0.2) is 16.6 Å². The zero-order chi connectivity index (χ0) is 10.1. The summed E-state index contributed by atoms with van der Waals surface area (Å²) in [5.74, 6) is 4.44. The van der Waals surface area contributed by atoms with Gasteiger partial charge in [-0.05, 0) is 18.6 Å². The van der Waals surface area contributed by atoms with Gasteiger partial charge in [0.25, 0.3) is 0 Å². The second-order valence-electron chi connectivity index (χ2n) is 3.15. The molecule has 0 saturated carbocycles. The first kappa shape index (κ1) is 10.3. The summed E-state index contributed by atoms with van der Waals surface area (Å²) in [5.41, 5.74) is 6.04. The molecule has 1 heterocycles. The molecule has 3 nitrogen and oxygen atoms in total. The molecule has 0 aliphatic rings. The fourth-order valence-electron chi connectivity index (χ4n) is 0.747. The minimum Gasteiger partial charge on any atom is -0.397 e. The Balaban J connectivity index is 3.26. The van der Waals surface area contributed by atoms with E-state index in [2.05, 4.69) is 15.2 Å². The molecule has 0 bridgehead atoms. The Morgan fingerprint density at radius 2 is 2.23 bits per heavy atom. The molecule has 0 saturated heterocycles. The van der Waals surface area contributed by atoms with E-state index < -0.39 is 9.41 Å². The van der Waals surface area contributed by atoms with E-state index in [1.807, 2.05) is 12.5 Å². The van der Waals surface area contributed by atoms with Gasteiger partial charge in [-0.1, -0.05) is 17.5 Å². The van der Waals surface area contributed by atoms with Gasteiger partial charge >= 0.3 is 0 Å². The molecule has 0 aromatic carbocycles. The van der Waals surface area contributed by atoms with Gasteiger partial charge < -0.3 is 5.73 Å².